The second kappa shape index (κ2) is 5.88. The van der Waals surface area contributed by atoms with Crippen LogP contribution in [0.4, 0.5) is 0 Å². The number of fused-ring (bicyclic) bond motifs is 10. The average molecular weight is 468 g/mol. The summed E-state index contributed by atoms with van der Waals surface area (Å²) in [7, 11) is 2.62. The summed E-state index contributed by atoms with van der Waals surface area (Å²) in [4.78, 5) is 30.7. The van der Waals surface area contributed by atoms with Crippen molar-refractivity contribution in [2.24, 2.45) is 0 Å². The number of methoxy groups -OCH3 is 1. The molecule has 0 radical (unpaired) electrons. The maximum atomic E-state index is 13.4. The molecule has 168 valence electrons. The fraction of sp³-hybridized carbons (Fsp3) is 0.217. The van der Waals surface area contributed by atoms with E-state index in [1.807, 2.05) is 13.0 Å². The number of nitrogens with zero attached hydrogens (tertiary/aromatic N) is 2. The Balaban J connectivity index is 1.93. The van der Waals surface area contributed by atoms with E-state index in [9.17, 15) is 24.9 Å². The van der Waals surface area contributed by atoms with Crippen molar-refractivity contribution in [2.45, 2.75) is 18.2 Å². The van der Waals surface area contributed by atoms with Crippen LogP contribution in [0.5, 0.6) is 11.5 Å². The molecular formula is C23H18ClN3O6. The zero-order valence-corrected chi connectivity index (χ0v) is 18.5. The number of likely N-dealkylation sites (N-methyl/N-ethyl adjacent to an activating group) is 1. The number of amides is 2. The van der Waals surface area contributed by atoms with Gasteiger partial charge in [-0.15, -0.1) is 0 Å². The maximum Gasteiger partial charge on any atom is 0.286 e. The number of H-pyrrole nitrogens is 1. The Morgan fingerprint density at radius 1 is 1.09 bits per heavy atom. The first-order chi connectivity index (χ1) is 15.6. The lowest BCUT2D eigenvalue weighted by Crippen LogP contribution is -2.58. The van der Waals surface area contributed by atoms with Crippen LogP contribution in [0.1, 0.15) is 11.1 Å². The van der Waals surface area contributed by atoms with Crippen LogP contribution in [0.3, 0.4) is 0 Å². The van der Waals surface area contributed by atoms with Gasteiger partial charge in [0.2, 0.25) is 5.60 Å². The van der Waals surface area contributed by atoms with Crippen molar-refractivity contribution in [2.75, 3.05) is 14.2 Å². The number of hydrogen-bond acceptors (Lipinski definition) is 6. The number of aryl methyl sites for hydroxylation is 1. The highest BCUT2D eigenvalue weighted by atomic mass is 35.5. The van der Waals surface area contributed by atoms with Gasteiger partial charge in [-0.2, -0.15) is 0 Å². The summed E-state index contributed by atoms with van der Waals surface area (Å²) in [6, 6.07) is 8.12. The van der Waals surface area contributed by atoms with Crippen molar-refractivity contribution in [1.29, 1.82) is 0 Å². The number of phenols is 1. The highest BCUT2D eigenvalue weighted by Gasteiger charge is 2.74. The topological polar surface area (TPSA) is 128 Å². The number of ether oxygens (including phenoxy) is 1. The minimum Gasteiger partial charge on any atom is -0.506 e. The van der Waals surface area contributed by atoms with Crippen molar-refractivity contribution >= 4 is 45.2 Å². The van der Waals surface area contributed by atoms with Gasteiger partial charge in [0, 0.05) is 28.9 Å². The molecule has 2 aliphatic heterocycles. The molecule has 4 heterocycles. The van der Waals surface area contributed by atoms with E-state index in [1.54, 1.807) is 12.1 Å². The normalized spacial score (nSPS) is 23.9. The molecule has 2 aliphatic rings. The number of likely N-dealkylation sites (tertiary alicyclic amines) is 1. The van der Waals surface area contributed by atoms with Crippen molar-refractivity contribution in [3.63, 3.8) is 0 Å². The van der Waals surface area contributed by atoms with Crippen LogP contribution in [0, 0.1) is 6.92 Å². The smallest absolute Gasteiger partial charge is 0.286 e. The van der Waals surface area contributed by atoms with Gasteiger partial charge in [-0.05, 0) is 31.2 Å². The number of aromatic nitrogens is 2. The van der Waals surface area contributed by atoms with Gasteiger partial charge >= 0.3 is 0 Å². The van der Waals surface area contributed by atoms with E-state index < -0.39 is 23.1 Å². The quantitative estimate of drug-likeness (QED) is 0.318. The van der Waals surface area contributed by atoms with Crippen molar-refractivity contribution in [3.05, 3.63) is 46.5 Å². The molecule has 0 unspecified atom stereocenters. The lowest BCUT2D eigenvalue weighted by atomic mass is 9.79. The van der Waals surface area contributed by atoms with E-state index in [4.69, 9.17) is 16.3 Å². The summed E-state index contributed by atoms with van der Waals surface area (Å²) in [5.41, 5.74) is -3.08. The van der Waals surface area contributed by atoms with Crippen LogP contribution in [0.2, 0.25) is 5.02 Å². The molecule has 4 aromatic rings. The summed E-state index contributed by atoms with van der Waals surface area (Å²) in [5, 5.41) is 35.0. The second-order valence-electron chi connectivity index (χ2n) is 8.51. The third-order valence-corrected chi connectivity index (χ3v) is 7.09. The molecule has 0 bridgehead atoms. The fourth-order valence-electron chi connectivity index (χ4n) is 5.31. The molecule has 1 fully saturated rings. The number of rotatable bonds is 1. The van der Waals surface area contributed by atoms with Crippen LogP contribution in [0.25, 0.3) is 33.2 Å². The molecule has 4 N–H and O–H groups in total. The Hall–Kier alpha value is -3.53. The molecule has 2 aromatic carbocycles. The molecular weight excluding hydrogens is 450 g/mol. The number of aromatic hydroxyl groups is 1. The number of halogens is 1. The second-order valence-corrected chi connectivity index (χ2v) is 8.92. The van der Waals surface area contributed by atoms with E-state index in [1.165, 1.54) is 30.9 Å². The van der Waals surface area contributed by atoms with E-state index in [-0.39, 0.29) is 33.3 Å². The Kier molecular flexibility index (Phi) is 3.58. The van der Waals surface area contributed by atoms with E-state index in [0.717, 1.165) is 5.56 Å². The number of carbonyl (C=O) groups excluding carboxylic acids is 2. The molecule has 0 saturated carbocycles. The first-order valence-electron chi connectivity index (χ1n) is 10.1. The van der Waals surface area contributed by atoms with Crippen LogP contribution in [-0.4, -0.2) is 55.7 Å². The van der Waals surface area contributed by atoms with Gasteiger partial charge in [-0.3, -0.25) is 19.1 Å². The number of imide groups is 1. The summed E-state index contributed by atoms with van der Waals surface area (Å²) >= 11 is 6.16. The number of benzene rings is 2. The molecule has 0 aliphatic carbocycles. The first-order valence-corrected chi connectivity index (χ1v) is 10.5. The lowest BCUT2D eigenvalue weighted by Gasteiger charge is -2.40. The van der Waals surface area contributed by atoms with Crippen LogP contribution < -0.4 is 4.74 Å². The van der Waals surface area contributed by atoms with Crippen LogP contribution in [0.15, 0.2) is 30.3 Å². The summed E-state index contributed by atoms with van der Waals surface area (Å²) in [6.07, 6.45) is 0. The minimum absolute atomic E-state index is 0.0409. The molecule has 10 heteroatoms. The summed E-state index contributed by atoms with van der Waals surface area (Å²) < 4.78 is 6.82. The number of aliphatic hydroxyl groups is 2. The molecule has 0 spiro atoms. The van der Waals surface area contributed by atoms with Gasteiger partial charge < -0.3 is 25.0 Å². The number of phenolic OH excluding ortho intramolecular Hbond substituents is 1. The number of aromatic amines is 1. The van der Waals surface area contributed by atoms with Gasteiger partial charge in [0.05, 0.1) is 23.3 Å². The summed E-state index contributed by atoms with van der Waals surface area (Å²) in [6.45, 7) is 1.86. The predicted molar refractivity (Wildman–Crippen MR) is 119 cm³/mol. The fourth-order valence-corrected chi connectivity index (χ4v) is 5.46. The maximum absolute atomic E-state index is 13.4. The lowest BCUT2D eigenvalue weighted by molar-refractivity contribution is -0.193. The molecule has 9 nitrogen and oxygen atoms in total. The SMILES string of the molecule is COc1c2n(c3cc(Cl)c(O)cc13)[C@]1(O)C(=O)N(C)C(=O)[C@]1(O)c1c-2[nH]c2ccc(C)cc12. The molecule has 33 heavy (non-hydrogen) atoms. The Bertz CT molecular complexity index is 1590. The third-order valence-electron chi connectivity index (χ3n) is 6.79. The summed E-state index contributed by atoms with van der Waals surface area (Å²) in [5.74, 6) is -1.97. The standard InChI is InChI=1S/C23H18ClN3O6/c1-9-4-5-13-10(6-9)16-17(25-13)18-19(33-3)11-7-15(28)12(24)8-14(11)27(18)23(32)21(30)26(2)20(29)22(16,23)31/h4-8,25,28,31-32H,1-3H3/t22-,23+/m1/s1. The van der Waals surface area contributed by atoms with Gasteiger partial charge in [0.1, 0.15) is 11.4 Å². The van der Waals surface area contributed by atoms with E-state index >= 15 is 0 Å². The number of hydrogen-bond donors (Lipinski definition) is 4. The molecule has 6 rings (SSSR count). The van der Waals surface area contributed by atoms with E-state index in [2.05, 4.69) is 4.98 Å². The Labute approximate surface area is 191 Å². The van der Waals surface area contributed by atoms with Crippen LogP contribution >= 0.6 is 11.6 Å². The van der Waals surface area contributed by atoms with Gasteiger partial charge in [-0.25, -0.2) is 0 Å². The van der Waals surface area contributed by atoms with Crippen molar-refractivity contribution in [1.82, 2.24) is 14.5 Å². The highest BCUT2D eigenvalue weighted by Crippen LogP contribution is 2.59. The molecule has 2 amide bonds. The van der Waals surface area contributed by atoms with E-state index in [0.29, 0.717) is 26.9 Å². The zero-order valence-electron chi connectivity index (χ0n) is 17.7. The van der Waals surface area contributed by atoms with Gasteiger partial charge in [0.25, 0.3) is 17.5 Å². The Morgan fingerprint density at radius 2 is 1.82 bits per heavy atom. The number of carbonyl (C=O) groups is 2. The molecule has 1 saturated heterocycles. The first kappa shape index (κ1) is 20.1. The Morgan fingerprint density at radius 3 is 2.52 bits per heavy atom. The predicted octanol–water partition coefficient (Wildman–Crippen LogP) is 2.31. The average Bonchev–Trinajstić information content (AvgIpc) is 3.35. The molecule has 2 aromatic heterocycles. The van der Waals surface area contributed by atoms with Crippen LogP contribution in [-0.2, 0) is 20.9 Å². The minimum atomic E-state index is -2.73. The number of nitrogens with one attached hydrogen (secondary N) is 1. The van der Waals surface area contributed by atoms with Gasteiger partial charge in [-0.1, -0.05) is 23.2 Å². The molecule has 2 atom stereocenters. The monoisotopic (exact) mass is 467 g/mol. The zero-order chi connectivity index (χ0) is 23.6. The largest absolute Gasteiger partial charge is 0.506 e. The highest BCUT2D eigenvalue weighted by molar-refractivity contribution is 6.33. The van der Waals surface area contributed by atoms with Crippen molar-refractivity contribution < 1.29 is 29.6 Å². The van der Waals surface area contributed by atoms with Gasteiger partial charge in [0.15, 0.2) is 5.75 Å². The van der Waals surface area contributed by atoms with Crippen molar-refractivity contribution in [3.8, 4) is 22.9 Å². The third kappa shape index (κ3) is 1.98.